The van der Waals surface area contributed by atoms with Gasteiger partial charge in [-0.1, -0.05) is 5.16 Å². The first-order valence-corrected chi connectivity index (χ1v) is 5.90. The molecule has 0 aliphatic heterocycles. The number of carbonyl (C=O) groups excluding carboxylic acids is 1. The Morgan fingerprint density at radius 1 is 1.61 bits per heavy atom. The molecular formula is C9H10ClN3O4S. The molecule has 0 saturated carbocycles. The number of thiazole rings is 1. The number of hydrogen-bond donors (Lipinski definition) is 2. The third kappa shape index (κ3) is 3.41. The van der Waals surface area contributed by atoms with Crippen molar-refractivity contribution >= 4 is 45.0 Å². The highest BCUT2D eigenvalue weighted by molar-refractivity contribution is 7.13. The van der Waals surface area contributed by atoms with Gasteiger partial charge in [-0.25, -0.2) is 9.78 Å². The van der Waals surface area contributed by atoms with Crippen LogP contribution in [0.25, 0.3) is 0 Å². The van der Waals surface area contributed by atoms with Gasteiger partial charge in [0.2, 0.25) is 5.60 Å². The Bertz CT molecular complexity index is 512. The third-order valence-corrected chi connectivity index (χ3v) is 2.68. The molecule has 0 spiro atoms. The van der Waals surface area contributed by atoms with Crippen molar-refractivity contribution in [3.8, 4) is 0 Å². The number of aromatic nitrogens is 1. The molecule has 1 aromatic rings. The Balaban J connectivity index is 3.01. The first kappa shape index (κ1) is 14.4. The van der Waals surface area contributed by atoms with E-state index >= 15 is 0 Å². The van der Waals surface area contributed by atoms with Crippen LogP contribution < -0.4 is 5.73 Å². The maximum atomic E-state index is 11.2. The predicted molar refractivity (Wildman–Crippen MR) is 66.7 cm³/mol. The van der Waals surface area contributed by atoms with Crippen LogP contribution in [0.1, 0.15) is 19.5 Å². The van der Waals surface area contributed by atoms with E-state index in [-0.39, 0.29) is 16.5 Å². The molecule has 0 unspecified atom stereocenters. The molecule has 1 aromatic heterocycles. The molecule has 0 aliphatic rings. The fourth-order valence-corrected chi connectivity index (χ4v) is 1.46. The van der Waals surface area contributed by atoms with Gasteiger partial charge in [-0.3, -0.25) is 4.79 Å². The summed E-state index contributed by atoms with van der Waals surface area (Å²) in [7, 11) is 0. The molecule has 0 bridgehead atoms. The van der Waals surface area contributed by atoms with E-state index in [9.17, 15) is 9.59 Å². The monoisotopic (exact) mass is 291 g/mol. The Hall–Kier alpha value is -1.67. The highest BCUT2D eigenvalue weighted by Crippen LogP contribution is 2.15. The molecule has 0 aliphatic carbocycles. The van der Waals surface area contributed by atoms with Crippen molar-refractivity contribution in [3.63, 3.8) is 0 Å². The Morgan fingerprint density at radius 2 is 2.22 bits per heavy atom. The second kappa shape index (κ2) is 5.32. The lowest BCUT2D eigenvalue weighted by atomic mass is 10.1. The van der Waals surface area contributed by atoms with Gasteiger partial charge in [0, 0.05) is 5.38 Å². The number of oxime groups is 1. The van der Waals surface area contributed by atoms with Crippen LogP contribution in [-0.4, -0.2) is 32.6 Å². The fourth-order valence-electron chi connectivity index (χ4n) is 0.779. The minimum absolute atomic E-state index is 0.138. The lowest BCUT2D eigenvalue weighted by Gasteiger charge is -2.16. The highest BCUT2D eigenvalue weighted by Gasteiger charge is 2.30. The lowest BCUT2D eigenvalue weighted by Crippen LogP contribution is -2.33. The summed E-state index contributed by atoms with van der Waals surface area (Å²) >= 11 is 6.42. The smallest absolute Gasteiger partial charge is 0.350 e. The van der Waals surface area contributed by atoms with Gasteiger partial charge in [0.1, 0.15) is 5.69 Å². The molecule has 0 saturated heterocycles. The van der Waals surface area contributed by atoms with Gasteiger partial charge in [0.05, 0.1) is 0 Å². The number of carboxylic acid groups (broad SMARTS) is 1. The summed E-state index contributed by atoms with van der Waals surface area (Å²) < 4.78 is 0. The maximum absolute atomic E-state index is 11.2. The van der Waals surface area contributed by atoms with Crippen LogP contribution in [0.15, 0.2) is 10.5 Å². The first-order chi connectivity index (χ1) is 8.24. The average molecular weight is 292 g/mol. The fraction of sp³-hybridized carbons (Fsp3) is 0.333. The molecule has 0 aromatic carbocycles. The summed E-state index contributed by atoms with van der Waals surface area (Å²) in [5, 5.41) is 13.0. The molecule has 18 heavy (non-hydrogen) atoms. The van der Waals surface area contributed by atoms with Crippen LogP contribution in [0.3, 0.4) is 0 Å². The van der Waals surface area contributed by atoms with Gasteiger partial charge in [0.25, 0.3) is 5.24 Å². The van der Waals surface area contributed by atoms with Crippen molar-refractivity contribution in [1.29, 1.82) is 0 Å². The van der Waals surface area contributed by atoms with E-state index < -0.39 is 16.8 Å². The molecule has 0 fully saturated rings. The molecule has 1 rings (SSSR count). The largest absolute Gasteiger partial charge is 0.478 e. The van der Waals surface area contributed by atoms with Gasteiger partial charge >= 0.3 is 5.97 Å². The Labute approximate surface area is 111 Å². The number of carboxylic acids is 1. The number of aliphatic carboxylic acids is 1. The number of rotatable bonds is 5. The summed E-state index contributed by atoms with van der Waals surface area (Å²) in [6.45, 7) is 2.56. The number of nitrogens with zero attached hydrogens (tertiary/aromatic N) is 2. The number of nitrogen functional groups attached to an aromatic ring is 1. The number of hydrogen-bond acceptors (Lipinski definition) is 7. The minimum Gasteiger partial charge on any atom is -0.478 e. The average Bonchev–Trinajstić information content (AvgIpc) is 2.64. The first-order valence-electron chi connectivity index (χ1n) is 4.65. The van der Waals surface area contributed by atoms with E-state index in [1.54, 1.807) is 0 Å². The van der Waals surface area contributed by atoms with Crippen molar-refractivity contribution in [2.24, 2.45) is 5.16 Å². The van der Waals surface area contributed by atoms with E-state index in [1.807, 2.05) is 0 Å². The van der Waals surface area contributed by atoms with E-state index in [0.29, 0.717) is 0 Å². The van der Waals surface area contributed by atoms with Crippen molar-refractivity contribution in [1.82, 2.24) is 4.98 Å². The quantitative estimate of drug-likeness (QED) is 0.476. The highest BCUT2D eigenvalue weighted by atomic mass is 35.5. The van der Waals surface area contributed by atoms with E-state index in [2.05, 4.69) is 10.1 Å². The summed E-state index contributed by atoms with van der Waals surface area (Å²) in [6, 6.07) is 0. The topological polar surface area (TPSA) is 115 Å². The number of nitrogens with two attached hydrogens (primary N) is 1. The van der Waals surface area contributed by atoms with Crippen LogP contribution in [0.4, 0.5) is 5.13 Å². The zero-order chi connectivity index (χ0) is 13.9. The van der Waals surface area contributed by atoms with Crippen LogP contribution >= 0.6 is 22.9 Å². The Morgan fingerprint density at radius 3 is 2.61 bits per heavy atom. The summed E-state index contributed by atoms with van der Waals surface area (Å²) in [4.78, 5) is 30.6. The second-order valence-electron chi connectivity index (χ2n) is 3.69. The number of carbonyl (C=O) groups is 2. The van der Waals surface area contributed by atoms with Gasteiger partial charge in [-0.05, 0) is 25.4 Å². The van der Waals surface area contributed by atoms with Crippen LogP contribution in [-0.2, 0) is 14.4 Å². The van der Waals surface area contributed by atoms with Crippen molar-refractivity contribution in [2.45, 2.75) is 19.4 Å². The molecule has 0 amide bonds. The normalized spacial score (nSPS) is 12.3. The number of anilines is 1. The SMILES string of the molecule is CC(C)(O/N=C(/C(=O)Cl)c1csc(N)n1)C(=O)O. The van der Waals surface area contributed by atoms with Crippen LogP contribution in [0.2, 0.25) is 0 Å². The van der Waals surface area contributed by atoms with Crippen molar-refractivity contribution in [3.05, 3.63) is 11.1 Å². The molecule has 7 nitrogen and oxygen atoms in total. The molecule has 98 valence electrons. The van der Waals surface area contributed by atoms with E-state index in [0.717, 1.165) is 11.3 Å². The molecule has 1 heterocycles. The predicted octanol–water partition coefficient (Wildman–Crippen LogP) is 1.07. The molecule has 0 atom stereocenters. The lowest BCUT2D eigenvalue weighted by molar-refractivity contribution is -0.161. The zero-order valence-corrected chi connectivity index (χ0v) is 11.1. The van der Waals surface area contributed by atoms with Gasteiger partial charge in [-0.2, -0.15) is 0 Å². The van der Waals surface area contributed by atoms with Gasteiger partial charge in [-0.15, -0.1) is 11.3 Å². The molecular weight excluding hydrogens is 282 g/mol. The Kier molecular flexibility index (Phi) is 4.25. The van der Waals surface area contributed by atoms with Gasteiger partial charge in [0.15, 0.2) is 10.8 Å². The number of halogens is 1. The van der Waals surface area contributed by atoms with Crippen LogP contribution in [0.5, 0.6) is 0 Å². The molecule has 0 radical (unpaired) electrons. The standard InChI is InChI=1S/C9H10ClN3O4S/c1-9(2,7(15)16)17-13-5(6(10)14)4-3-18-8(11)12-4/h3H,1-2H3,(H2,11,12)(H,15,16)/b13-5+. The van der Waals surface area contributed by atoms with Crippen LogP contribution in [0, 0.1) is 0 Å². The molecule has 9 heteroatoms. The van der Waals surface area contributed by atoms with Crippen molar-refractivity contribution < 1.29 is 19.5 Å². The zero-order valence-electron chi connectivity index (χ0n) is 9.51. The summed E-state index contributed by atoms with van der Waals surface area (Å²) in [6.07, 6.45) is 0. The minimum atomic E-state index is -1.58. The van der Waals surface area contributed by atoms with E-state index in [1.165, 1.54) is 19.2 Å². The second-order valence-corrected chi connectivity index (χ2v) is 4.92. The summed E-state index contributed by atoms with van der Waals surface area (Å²) in [5.74, 6) is -1.23. The van der Waals surface area contributed by atoms with E-state index in [4.69, 9.17) is 27.3 Å². The molecule has 3 N–H and O–H groups in total. The summed E-state index contributed by atoms with van der Waals surface area (Å²) in [5.41, 5.74) is 3.67. The third-order valence-electron chi connectivity index (χ3n) is 1.83. The van der Waals surface area contributed by atoms with Gasteiger partial charge < -0.3 is 15.7 Å². The van der Waals surface area contributed by atoms with Crippen molar-refractivity contribution in [2.75, 3.05) is 5.73 Å². The maximum Gasteiger partial charge on any atom is 0.350 e.